The predicted molar refractivity (Wildman–Crippen MR) is 71.8 cm³/mol. The monoisotopic (exact) mass is 317 g/mol. The van der Waals surface area contributed by atoms with Gasteiger partial charge in [-0.2, -0.15) is 0 Å². The quantitative estimate of drug-likeness (QED) is 0.928. The van der Waals surface area contributed by atoms with E-state index in [2.05, 4.69) is 21.2 Å². The number of benzene rings is 1. The molecule has 1 unspecified atom stereocenters. The highest BCUT2D eigenvalue weighted by Gasteiger charge is 2.36. The Labute approximate surface area is 115 Å². The highest BCUT2D eigenvalue weighted by atomic mass is 79.9. The third-order valence-electron chi connectivity index (χ3n) is 3.48. The molecule has 0 saturated carbocycles. The Morgan fingerprint density at radius 3 is 2.61 bits per heavy atom. The minimum Gasteiger partial charge on any atom is -0.493 e. The maximum absolute atomic E-state index is 14.3. The van der Waals surface area contributed by atoms with Gasteiger partial charge < -0.3 is 14.8 Å². The minimum atomic E-state index is -0.359. The molecular formula is C13H17BrFNO2. The topological polar surface area (TPSA) is 30.5 Å². The highest BCUT2D eigenvalue weighted by Crippen LogP contribution is 2.45. The molecule has 1 fully saturated rings. The van der Waals surface area contributed by atoms with Crippen LogP contribution in [0.15, 0.2) is 10.5 Å². The van der Waals surface area contributed by atoms with Gasteiger partial charge in [0, 0.05) is 17.2 Å². The number of halogens is 2. The maximum Gasteiger partial charge on any atom is 0.175 e. The van der Waals surface area contributed by atoms with Gasteiger partial charge in [-0.25, -0.2) is 4.39 Å². The van der Waals surface area contributed by atoms with Crippen molar-refractivity contribution in [3.63, 3.8) is 0 Å². The van der Waals surface area contributed by atoms with Crippen LogP contribution in [-0.4, -0.2) is 20.8 Å². The van der Waals surface area contributed by atoms with Gasteiger partial charge in [-0.3, -0.25) is 0 Å². The zero-order valence-corrected chi connectivity index (χ0v) is 12.4. The summed E-state index contributed by atoms with van der Waals surface area (Å²) in [6, 6.07) is 1.38. The van der Waals surface area contributed by atoms with Gasteiger partial charge in [0.15, 0.2) is 11.5 Å². The Morgan fingerprint density at radius 2 is 2.11 bits per heavy atom. The molecule has 1 aromatic carbocycles. The van der Waals surface area contributed by atoms with E-state index in [1.807, 2.05) is 6.92 Å². The summed E-state index contributed by atoms with van der Waals surface area (Å²) in [5.41, 5.74) is 0.250. The minimum absolute atomic E-state index is 0.281. The van der Waals surface area contributed by atoms with E-state index < -0.39 is 0 Å². The molecule has 18 heavy (non-hydrogen) atoms. The van der Waals surface area contributed by atoms with Crippen LogP contribution < -0.4 is 14.8 Å². The van der Waals surface area contributed by atoms with Crippen LogP contribution in [0.4, 0.5) is 4.39 Å². The van der Waals surface area contributed by atoms with Crippen molar-refractivity contribution in [3.05, 3.63) is 21.9 Å². The summed E-state index contributed by atoms with van der Waals surface area (Å²) in [6.45, 7) is 2.91. The molecule has 1 heterocycles. The second kappa shape index (κ2) is 5.05. The van der Waals surface area contributed by atoms with Crippen molar-refractivity contribution >= 4 is 15.9 Å². The third-order valence-corrected chi connectivity index (χ3v) is 4.24. The fraction of sp³-hybridized carbons (Fsp3) is 0.538. The molecule has 1 aliphatic rings. The van der Waals surface area contributed by atoms with Crippen LogP contribution in [0.2, 0.25) is 0 Å². The van der Waals surface area contributed by atoms with E-state index >= 15 is 0 Å². The van der Waals surface area contributed by atoms with Crippen LogP contribution in [0, 0.1) is 5.82 Å². The summed E-state index contributed by atoms with van der Waals surface area (Å²) >= 11 is 3.44. The smallest absolute Gasteiger partial charge is 0.175 e. The van der Waals surface area contributed by atoms with Crippen molar-refractivity contribution in [2.75, 3.05) is 20.8 Å². The van der Waals surface area contributed by atoms with E-state index in [0.29, 0.717) is 21.5 Å². The molecule has 1 aromatic rings. The van der Waals surface area contributed by atoms with Crippen molar-refractivity contribution in [2.24, 2.45) is 0 Å². The molecule has 1 atom stereocenters. The summed E-state index contributed by atoms with van der Waals surface area (Å²) < 4.78 is 25.4. The van der Waals surface area contributed by atoms with E-state index in [4.69, 9.17) is 9.47 Å². The van der Waals surface area contributed by atoms with E-state index in [1.165, 1.54) is 13.2 Å². The number of hydrogen-bond donors (Lipinski definition) is 1. The van der Waals surface area contributed by atoms with E-state index in [9.17, 15) is 4.39 Å². The number of nitrogens with one attached hydrogen (secondary N) is 1. The standard InChI is InChI=1S/C13H17BrFNO2/c1-13(5-4-6-16-13)10-8(15)7-9(17-2)12(18-3)11(10)14/h7,16H,4-6H2,1-3H3. The van der Waals surface area contributed by atoms with E-state index in [0.717, 1.165) is 19.4 Å². The molecular weight excluding hydrogens is 301 g/mol. The first-order valence-electron chi connectivity index (χ1n) is 5.89. The molecule has 0 spiro atoms. The van der Waals surface area contributed by atoms with E-state index in [-0.39, 0.29) is 11.4 Å². The van der Waals surface area contributed by atoms with Crippen molar-refractivity contribution in [1.29, 1.82) is 0 Å². The lowest BCUT2D eigenvalue weighted by molar-refractivity contribution is 0.342. The first-order valence-corrected chi connectivity index (χ1v) is 6.68. The SMILES string of the molecule is COc1cc(F)c(C2(C)CCCN2)c(Br)c1OC. The molecule has 0 bridgehead atoms. The molecule has 1 N–H and O–H groups in total. The first-order chi connectivity index (χ1) is 8.53. The summed E-state index contributed by atoms with van der Waals surface area (Å²) in [5, 5.41) is 3.35. The van der Waals surface area contributed by atoms with Gasteiger partial charge in [0.05, 0.1) is 18.7 Å². The lowest BCUT2D eigenvalue weighted by atomic mass is 9.89. The van der Waals surface area contributed by atoms with Crippen LogP contribution in [0.25, 0.3) is 0 Å². The number of methoxy groups -OCH3 is 2. The normalized spacial score (nSPS) is 23.2. The average molecular weight is 318 g/mol. The fourth-order valence-corrected chi connectivity index (χ4v) is 3.52. The zero-order chi connectivity index (χ0) is 13.3. The van der Waals surface area contributed by atoms with Crippen LogP contribution in [0.1, 0.15) is 25.3 Å². The molecule has 2 rings (SSSR count). The lowest BCUT2D eigenvalue weighted by Gasteiger charge is -2.28. The summed E-state index contributed by atoms with van der Waals surface area (Å²) in [7, 11) is 3.05. The van der Waals surface area contributed by atoms with Gasteiger partial charge in [0.1, 0.15) is 5.82 Å². The molecule has 0 amide bonds. The average Bonchev–Trinajstić information content (AvgIpc) is 2.76. The largest absolute Gasteiger partial charge is 0.493 e. The Morgan fingerprint density at radius 1 is 1.39 bits per heavy atom. The van der Waals surface area contributed by atoms with Gasteiger partial charge in [-0.15, -0.1) is 0 Å². The summed E-state index contributed by atoms with van der Waals surface area (Å²) in [6.07, 6.45) is 1.94. The summed E-state index contributed by atoms with van der Waals surface area (Å²) in [4.78, 5) is 0. The second-order valence-electron chi connectivity index (χ2n) is 4.65. The third kappa shape index (κ3) is 2.10. The first kappa shape index (κ1) is 13.6. The molecule has 0 radical (unpaired) electrons. The number of ether oxygens (including phenoxy) is 2. The number of rotatable bonds is 3. The van der Waals surface area contributed by atoms with Crippen LogP contribution in [0.3, 0.4) is 0 Å². The Kier molecular flexibility index (Phi) is 3.82. The van der Waals surface area contributed by atoms with Crippen molar-refractivity contribution in [3.8, 4) is 11.5 Å². The van der Waals surface area contributed by atoms with Gasteiger partial charge in [0.25, 0.3) is 0 Å². The van der Waals surface area contributed by atoms with Gasteiger partial charge in [-0.05, 0) is 42.2 Å². The van der Waals surface area contributed by atoms with E-state index in [1.54, 1.807) is 7.11 Å². The second-order valence-corrected chi connectivity index (χ2v) is 5.44. The van der Waals surface area contributed by atoms with Crippen LogP contribution >= 0.6 is 15.9 Å². The molecule has 5 heteroatoms. The van der Waals surface area contributed by atoms with Gasteiger partial charge in [-0.1, -0.05) is 0 Å². The Bertz CT molecular complexity index is 459. The fourth-order valence-electron chi connectivity index (χ4n) is 2.53. The Hall–Kier alpha value is -0.810. The molecule has 0 aromatic heterocycles. The van der Waals surface area contributed by atoms with Gasteiger partial charge >= 0.3 is 0 Å². The maximum atomic E-state index is 14.3. The van der Waals surface area contributed by atoms with Crippen molar-refractivity contribution in [2.45, 2.75) is 25.3 Å². The van der Waals surface area contributed by atoms with Crippen molar-refractivity contribution in [1.82, 2.24) is 5.32 Å². The number of hydrogen-bond acceptors (Lipinski definition) is 3. The highest BCUT2D eigenvalue weighted by molar-refractivity contribution is 9.10. The van der Waals surface area contributed by atoms with Gasteiger partial charge in [0.2, 0.25) is 0 Å². The van der Waals surface area contributed by atoms with Crippen molar-refractivity contribution < 1.29 is 13.9 Å². The summed E-state index contributed by atoms with van der Waals surface area (Å²) in [5.74, 6) is 0.646. The van der Waals surface area contributed by atoms with Crippen LogP contribution in [0.5, 0.6) is 11.5 Å². The molecule has 3 nitrogen and oxygen atoms in total. The predicted octanol–water partition coefficient (Wildman–Crippen LogP) is 3.20. The lowest BCUT2D eigenvalue weighted by Crippen LogP contribution is -2.34. The molecule has 100 valence electrons. The zero-order valence-electron chi connectivity index (χ0n) is 10.8. The molecule has 1 aliphatic heterocycles. The molecule has 0 aliphatic carbocycles. The Balaban J connectivity index is 2.60. The molecule has 1 saturated heterocycles. The van der Waals surface area contributed by atoms with Crippen LogP contribution in [-0.2, 0) is 5.54 Å².